The van der Waals surface area contributed by atoms with Gasteiger partial charge in [-0.25, -0.2) is 0 Å². The molecule has 0 radical (unpaired) electrons. The lowest BCUT2D eigenvalue weighted by atomic mass is 9.84. The second-order valence-corrected chi connectivity index (χ2v) is 6.28. The summed E-state index contributed by atoms with van der Waals surface area (Å²) in [6.45, 7) is 3.21. The van der Waals surface area contributed by atoms with Crippen LogP contribution in [0.5, 0.6) is 0 Å². The zero-order valence-corrected chi connectivity index (χ0v) is 10.7. The lowest BCUT2D eigenvalue weighted by molar-refractivity contribution is -0.123. The van der Waals surface area contributed by atoms with Crippen molar-refractivity contribution in [3.8, 4) is 0 Å². The third-order valence-corrected chi connectivity index (χ3v) is 5.18. The van der Waals surface area contributed by atoms with Crippen LogP contribution in [0.15, 0.2) is 0 Å². The van der Waals surface area contributed by atoms with Gasteiger partial charge < -0.3 is 10.6 Å². The van der Waals surface area contributed by atoms with Crippen LogP contribution in [-0.4, -0.2) is 24.5 Å². The van der Waals surface area contributed by atoms with Crippen molar-refractivity contribution in [1.82, 2.24) is 10.6 Å². The first kappa shape index (κ1) is 11.5. The van der Waals surface area contributed by atoms with Crippen LogP contribution in [-0.2, 0) is 4.79 Å². The summed E-state index contributed by atoms with van der Waals surface area (Å²) in [5.74, 6) is 2.85. The number of hydrogen-bond donors (Lipinski definition) is 2. The van der Waals surface area contributed by atoms with Crippen LogP contribution in [0.25, 0.3) is 0 Å². The molecular formula is C14H24N2O. The summed E-state index contributed by atoms with van der Waals surface area (Å²) in [5, 5.41) is 6.52. The molecule has 3 nitrogen and oxygen atoms in total. The fourth-order valence-corrected chi connectivity index (χ4v) is 4.25. The molecule has 2 aliphatic carbocycles. The fourth-order valence-electron chi connectivity index (χ4n) is 4.25. The largest absolute Gasteiger partial charge is 0.352 e. The minimum atomic E-state index is 0.0797. The Morgan fingerprint density at radius 2 is 2.18 bits per heavy atom. The van der Waals surface area contributed by atoms with E-state index in [2.05, 4.69) is 17.6 Å². The van der Waals surface area contributed by atoms with Gasteiger partial charge in [-0.1, -0.05) is 6.42 Å². The van der Waals surface area contributed by atoms with Crippen molar-refractivity contribution in [1.29, 1.82) is 0 Å². The molecule has 96 valence electrons. The summed E-state index contributed by atoms with van der Waals surface area (Å²) >= 11 is 0. The van der Waals surface area contributed by atoms with E-state index in [9.17, 15) is 4.79 Å². The molecule has 1 heterocycles. The Kier molecular flexibility index (Phi) is 3.12. The molecule has 3 heteroatoms. The van der Waals surface area contributed by atoms with E-state index >= 15 is 0 Å². The normalized spacial score (nSPS) is 41.7. The number of hydrogen-bond acceptors (Lipinski definition) is 2. The van der Waals surface area contributed by atoms with Crippen LogP contribution in [0.3, 0.4) is 0 Å². The molecule has 2 bridgehead atoms. The third kappa shape index (κ3) is 2.22. The molecule has 17 heavy (non-hydrogen) atoms. The van der Waals surface area contributed by atoms with Crippen LogP contribution < -0.4 is 10.6 Å². The average molecular weight is 236 g/mol. The SMILES string of the molecule is CC(NC(=O)[C@H]1CCCN1)C1CC2CCC1C2. The number of rotatable bonds is 3. The van der Waals surface area contributed by atoms with E-state index in [1.165, 1.54) is 25.7 Å². The molecule has 0 aromatic rings. The average Bonchev–Trinajstić information content (AvgIpc) is 3.05. The number of amides is 1. The molecule has 0 spiro atoms. The highest BCUT2D eigenvalue weighted by Crippen LogP contribution is 2.49. The zero-order valence-electron chi connectivity index (χ0n) is 10.7. The molecule has 0 aromatic carbocycles. The van der Waals surface area contributed by atoms with Gasteiger partial charge in [-0.05, 0) is 63.3 Å². The highest BCUT2D eigenvalue weighted by atomic mass is 16.2. The van der Waals surface area contributed by atoms with Crippen LogP contribution in [0.4, 0.5) is 0 Å². The number of fused-ring (bicyclic) bond motifs is 2. The molecular weight excluding hydrogens is 212 g/mol. The minimum Gasteiger partial charge on any atom is -0.352 e. The summed E-state index contributed by atoms with van der Waals surface area (Å²) in [5.41, 5.74) is 0. The Balaban J connectivity index is 1.52. The zero-order chi connectivity index (χ0) is 11.8. The third-order valence-electron chi connectivity index (χ3n) is 5.18. The maximum atomic E-state index is 12.0. The Bertz CT molecular complexity index is 299. The maximum Gasteiger partial charge on any atom is 0.237 e. The van der Waals surface area contributed by atoms with E-state index in [1.807, 2.05) is 0 Å². The quantitative estimate of drug-likeness (QED) is 0.783. The van der Waals surface area contributed by atoms with Gasteiger partial charge in [0.05, 0.1) is 6.04 Å². The molecule has 1 saturated heterocycles. The van der Waals surface area contributed by atoms with E-state index in [0.29, 0.717) is 6.04 Å². The molecule has 5 atom stereocenters. The maximum absolute atomic E-state index is 12.0. The standard InChI is InChI=1S/C14H24N2O/c1-9(12-8-10-4-5-11(12)7-10)16-14(17)13-3-2-6-15-13/h9-13,15H,2-8H2,1H3,(H,16,17)/t9?,10?,11?,12?,13-/m1/s1. The van der Waals surface area contributed by atoms with Gasteiger partial charge >= 0.3 is 0 Å². The molecule has 2 N–H and O–H groups in total. The van der Waals surface area contributed by atoms with Gasteiger partial charge in [-0.3, -0.25) is 4.79 Å². The van der Waals surface area contributed by atoms with Gasteiger partial charge in [-0.2, -0.15) is 0 Å². The van der Waals surface area contributed by atoms with Crippen molar-refractivity contribution in [3.63, 3.8) is 0 Å². The summed E-state index contributed by atoms with van der Waals surface area (Å²) in [4.78, 5) is 12.0. The molecule has 0 aromatic heterocycles. The molecule has 2 saturated carbocycles. The van der Waals surface area contributed by atoms with E-state index < -0.39 is 0 Å². The lowest BCUT2D eigenvalue weighted by Crippen LogP contribution is -2.47. The number of nitrogens with one attached hydrogen (secondary N) is 2. The second kappa shape index (κ2) is 4.60. The molecule has 1 aliphatic heterocycles. The van der Waals surface area contributed by atoms with Crippen molar-refractivity contribution >= 4 is 5.91 Å². The van der Waals surface area contributed by atoms with Gasteiger partial charge in [0.25, 0.3) is 0 Å². The molecule has 3 fully saturated rings. The van der Waals surface area contributed by atoms with Gasteiger partial charge in [0.2, 0.25) is 5.91 Å². The highest BCUT2D eigenvalue weighted by molar-refractivity contribution is 5.82. The van der Waals surface area contributed by atoms with E-state index in [4.69, 9.17) is 0 Å². The Morgan fingerprint density at radius 3 is 2.76 bits per heavy atom. The first-order valence-corrected chi connectivity index (χ1v) is 7.28. The van der Waals surface area contributed by atoms with Crippen molar-refractivity contribution in [2.75, 3.05) is 6.54 Å². The number of carbonyl (C=O) groups is 1. The van der Waals surface area contributed by atoms with Crippen molar-refractivity contribution in [2.24, 2.45) is 17.8 Å². The smallest absolute Gasteiger partial charge is 0.237 e. The minimum absolute atomic E-state index is 0.0797. The van der Waals surface area contributed by atoms with Gasteiger partial charge in [0.1, 0.15) is 0 Å². The molecule has 1 amide bonds. The summed E-state index contributed by atoms with van der Waals surface area (Å²) < 4.78 is 0. The van der Waals surface area contributed by atoms with E-state index in [-0.39, 0.29) is 11.9 Å². The van der Waals surface area contributed by atoms with E-state index in [0.717, 1.165) is 37.1 Å². The summed E-state index contributed by atoms with van der Waals surface area (Å²) in [7, 11) is 0. The first-order chi connectivity index (χ1) is 8.24. The Hall–Kier alpha value is -0.570. The van der Waals surface area contributed by atoms with Crippen molar-refractivity contribution < 1.29 is 4.79 Å². The molecule has 4 unspecified atom stereocenters. The Labute approximate surface area is 104 Å². The van der Waals surface area contributed by atoms with Crippen LogP contribution in [0.1, 0.15) is 45.4 Å². The fraction of sp³-hybridized carbons (Fsp3) is 0.929. The Morgan fingerprint density at radius 1 is 1.29 bits per heavy atom. The predicted molar refractivity (Wildman–Crippen MR) is 67.6 cm³/mol. The van der Waals surface area contributed by atoms with Crippen LogP contribution in [0.2, 0.25) is 0 Å². The topological polar surface area (TPSA) is 41.1 Å². The van der Waals surface area contributed by atoms with Crippen LogP contribution >= 0.6 is 0 Å². The van der Waals surface area contributed by atoms with Crippen molar-refractivity contribution in [2.45, 2.75) is 57.5 Å². The van der Waals surface area contributed by atoms with Crippen molar-refractivity contribution in [3.05, 3.63) is 0 Å². The predicted octanol–water partition coefficient (Wildman–Crippen LogP) is 1.68. The molecule has 3 rings (SSSR count). The van der Waals surface area contributed by atoms with Gasteiger partial charge in [-0.15, -0.1) is 0 Å². The first-order valence-electron chi connectivity index (χ1n) is 7.28. The highest BCUT2D eigenvalue weighted by Gasteiger charge is 2.42. The van der Waals surface area contributed by atoms with Gasteiger partial charge in [0, 0.05) is 6.04 Å². The summed E-state index contributed by atoms with van der Waals surface area (Å²) in [6.07, 6.45) is 7.76. The van der Waals surface area contributed by atoms with E-state index in [1.54, 1.807) is 0 Å². The number of carbonyl (C=O) groups excluding carboxylic acids is 1. The monoisotopic (exact) mass is 236 g/mol. The second-order valence-electron chi connectivity index (χ2n) is 6.28. The molecule has 3 aliphatic rings. The van der Waals surface area contributed by atoms with Crippen LogP contribution in [0, 0.1) is 17.8 Å². The summed E-state index contributed by atoms with van der Waals surface area (Å²) in [6, 6.07) is 0.455. The van der Waals surface area contributed by atoms with Gasteiger partial charge in [0.15, 0.2) is 0 Å². The lowest BCUT2D eigenvalue weighted by Gasteiger charge is -2.29.